The number of hydrogen-bond acceptors (Lipinski definition) is 3. The second-order valence-electron chi connectivity index (χ2n) is 7.51. The van der Waals surface area contributed by atoms with E-state index in [9.17, 15) is 4.79 Å². The fraction of sp³-hybridized carbons (Fsp3) is 0.474. The lowest BCUT2D eigenvalue weighted by Gasteiger charge is -2.28. The first-order valence-corrected chi connectivity index (χ1v) is 8.32. The Bertz CT molecular complexity index is 771. The molecule has 1 unspecified atom stereocenters. The number of amides is 1. The van der Waals surface area contributed by atoms with Crippen molar-refractivity contribution < 1.29 is 9.21 Å². The molecule has 4 heteroatoms. The van der Waals surface area contributed by atoms with Gasteiger partial charge in [-0.15, -0.1) is 0 Å². The summed E-state index contributed by atoms with van der Waals surface area (Å²) in [5.74, 6) is 1.35. The van der Waals surface area contributed by atoms with E-state index in [2.05, 4.69) is 42.3 Å². The van der Waals surface area contributed by atoms with Crippen molar-refractivity contribution in [3.8, 4) is 0 Å². The Labute approximate surface area is 136 Å². The largest absolute Gasteiger partial charge is 0.435 e. The number of nitrogens with zero attached hydrogens (tertiary/aromatic N) is 1. The molecule has 120 valence electrons. The van der Waals surface area contributed by atoms with Crippen LogP contribution in [0.4, 0.5) is 0 Å². The molecule has 1 aromatic carbocycles. The van der Waals surface area contributed by atoms with E-state index in [4.69, 9.17) is 4.42 Å². The van der Waals surface area contributed by atoms with Crippen LogP contribution in [0.5, 0.6) is 0 Å². The third kappa shape index (κ3) is 2.46. The minimum Gasteiger partial charge on any atom is -0.435 e. The van der Waals surface area contributed by atoms with Crippen molar-refractivity contribution in [2.75, 3.05) is 0 Å². The predicted molar refractivity (Wildman–Crippen MR) is 87.3 cm³/mol. The van der Waals surface area contributed by atoms with Crippen LogP contribution in [0, 0.1) is 12.3 Å². The SMILES string of the molecule is Cc1nc(C2CC2)oc1C(=O)NC1c2ccccc2CC1(C)C. The summed E-state index contributed by atoms with van der Waals surface area (Å²) < 4.78 is 5.74. The van der Waals surface area contributed by atoms with Crippen molar-refractivity contribution in [1.29, 1.82) is 0 Å². The van der Waals surface area contributed by atoms with Crippen LogP contribution in [-0.2, 0) is 6.42 Å². The number of oxazole rings is 1. The summed E-state index contributed by atoms with van der Waals surface area (Å²) in [5.41, 5.74) is 3.21. The Balaban J connectivity index is 1.61. The van der Waals surface area contributed by atoms with Gasteiger partial charge in [0.05, 0.1) is 11.7 Å². The topological polar surface area (TPSA) is 55.1 Å². The quantitative estimate of drug-likeness (QED) is 0.935. The van der Waals surface area contributed by atoms with Gasteiger partial charge in [-0.3, -0.25) is 4.79 Å². The molecular weight excluding hydrogens is 288 g/mol. The Kier molecular flexibility index (Phi) is 3.12. The molecule has 1 fully saturated rings. The van der Waals surface area contributed by atoms with Gasteiger partial charge < -0.3 is 9.73 Å². The van der Waals surface area contributed by atoms with Crippen LogP contribution in [0.25, 0.3) is 0 Å². The molecule has 1 N–H and O–H groups in total. The minimum absolute atomic E-state index is 0.0000694. The average Bonchev–Trinajstić information content (AvgIpc) is 3.22. The lowest BCUT2D eigenvalue weighted by Crippen LogP contribution is -2.35. The van der Waals surface area contributed by atoms with Crippen LogP contribution in [-0.4, -0.2) is 10.9 Å². The molecule has 4 rings (SSSR count). The Morgan fingerprint density at radius 3 is 2.78 bits per heavy atom. The fourth-order valence-corrected chi connectivity index (χ4v) is 3.59. The summed E-state index contributed by atoms with van der Waals surface area (Å²) in [6.45, 7) is 6.24. The summed E-state index contributed by atoms with van der Waals surface area (Å²) in [4.78, 5) is 17.2. The number of benzene rings is 1. The fourth-order valence-electron chi connectivity index (χ4n) is 3.59. The number of aromatic nitrogens is 1. The van der Waals surface area contributed by atoms with Gasteiger partial charge >= 0.3 is 0 Å². The van der Waals surface area contributed by atoms with Gasteiger partial charge in [-0.05, 0) is 42.7 Å². The zero-order valence-electron chi connectivity index (χ0n) is 13.8. The lowest BCUT2D eigenvalue weighted by molar-refractivity contribution is 0.0872. The first-order chi connectivity index (χ1) is 11.0. The molecule has 1 aromatic heterocycles. The van der Waals surface area contributed by atoms with Crippen molar-refractivity contribution in [3.63, 3.8) is 0 Å². The molecule has 4 nitrogen and oxygen atoms in total. The Morgan fingerprint density at radius 1 is 1.30 bits per heavy atom. The predicted octanol–water partition coefficient (Wildman–Crippen LogP) is 3.91. The molecular formula is C19H22N2O2. The van der Waals surface area contributed by atoms with Gasteiger partial charge in [0.15, 0.2) is 5.89 Å². The van der Waals surface area contributed by atoms with E-state index >= 15 is 0 Å². The highest BCUT2D eigenvalue weighted by atomic mass is 16.4. The Hall–Kier alpha value is -2.10. The molecule has 2 aliphatic rings. The second-order valence-corrected chi connectivity index (χ2v) is 7.51. The van der Waals surface area contributed by atoms with Crippen LogP contribution in [0.3, 0.4) is 0 Å². The van der Waals surface area contributed by atoms with Gasteiger partial charge in [0.1, 0.15) is 0 Å². The molecule has 0 spiro atoms. The monoisotopic (exact) mass is 310 g/mol. The van der Waals surface area contributed by atoms with Gasteiger partial charge in [0.2, 0.25) is 5.76 Å². The van der Waals surface area contributed by atoms with Gasteiger partial charge in [-0.1, -0.05) is 38.1 Å². The maximum atomic E-state index is 12.7. The van der Waals surface area contributed by atoms with Crippen LogP contribution in [0.1, 0.15) is 71.9 Å². The average molecular weight is 310 g/mol. The van der Waals surface area contributed by atoms with Crippen LogP contribution in [0.2, 0.25) is 0 Å². The maximum absolute atomic E-state index is 12.7. The highest BCUT2D eigenvalue weighted by molar-refractivity contribution is 5.92. The molecule has 1 amide bonds. The first-order valence-electron chi connectivity index (χ1n) is 8.32. The van der Waals surface area contributed by atoms with Gasteiger partial charge in [-0.25, -0.2) is 4.98 Å². The number of rotatable bonds is 3. The third-order valence-electron chi connectivity index (χ3n) is 5.02. The number of nitrogens with one attached hydrogen (secondary N) is 1. The number of carbonyl (C=O) groups excluding carboxylic acids is 1. The van der Waals surface area contributed by atoms with Crippen molar-refractivity contribution >= 4 is 5.91 Å². The van der Waals surface area contributed by atoms with Crippen LogP contribution in [0.15, 0.2) is 28.7 Å². The highest BCUT2D eigenvalue weighted by Gasteiger charge is 2.40. The maximum Gasteiger partial charge on any atom is 0.289 e. The molecule has 2 aliphatic carbocycles. The van der Waals surface area contributed by atoms with Crippen LogP contribution >= 0.6 is 0 Å². The molecule has 2 aromatic rings. The number of carbonyl (C=O) groups is 1. The Morgan fingerprint density at radius 2 is 2.04 bits per heavy atom. The summed E-state index contributed by atoms with van der Waals surface area (Å²) in [6.07, 6.45) is 3.20. The van der Waals surface area contributed by atoms with Crippen molar-refractivity contribution in [3.05, 3.63) is 52.7 Å². The second kappa shape index (κ2) is 4.95. The summed E-state index contributed by atoms with van der Waals surface area (Å²) in [7, 11) is 0. The number of fused-ring (bicyclic) bond motifs is 1. The zero-order chi connectivity index (χ0) is 16.2. The zero-order valence-corrected chi connectivity index (χ0v) is 13.8. The van der Waals surface area contributed by atoms with E-state index in [0.717, 1.165) is 25.2 Å². The first kappa shape index (κ1) is 14.5. The number of hydrogen-bond donors (Lipinski definition) is 1. The van der Waals surface area contributed by atoms with E-state index in [0.29, 0.717) is 17.4 Å². The number of aryl methyl sites for hydroxylation is 1. The third-order valence-corrected chi connectivity index (χ3v) is 5.02. The molecule has 0 bridgehead atoms. The standard InChI is InChI=1S/C19H22N2O2/c1-11-15(23-18(20-11)12-8-9-12)17(22)21-16-14-7-5-4-6-13(14)10-19(16,2)3/h4-7,12,16H,8-10H2,1-3H3,(H,21,22). The summed E-state index contributed by atoms with van der Waals surface area (Å²) in [6, 6.07) is 8.35. The van der Waals surface area contributed by atoms with E-state index < -0.39 is 0 Å². The van der Waals surface area contributed by atoms with E-state index in [1.807, 2.05) is 13.0 Å². The van der Waals surface area contributed by atoms with E-state index in [1.54, 1.807) is 0 Å². The van der Waals surface area contributed by atoms with Crippen molar-refractivity contribution in [2.24, 2.45) is 5.41 Å². The summed E-state index contributed by atoms with van der Waals surface area (Å²) in [5, 5.41) is 3.18. The normalized spacial score (nSPS) is 22.0. The minimum atomic E-state index is -0.156. The van der Waals surface area contributed by atoms with Crippen molar-refractivity contribution in [2.45, 2.75) is 52.0 Å². The van der Waals surface area contributed by atoms with Gasteiger partial charge in [0.25, 0.3) is 5.91 Å². The molecule has 0 saturated heterocycles. The van der Waals surface area contributed by atoms with Crippen molar-refractivity contribution in [1.82, 2.24) is 10.3 Å². The molecule has 0 radical (unpaired) electrons. The molecule has 1 saturated carbocycles. The molecule has 23 heavy (non-hydrogen) atoms. The molecule has 1 heterocycles. The van der Waals surface area contributed by atoms with E-state index in [1.165, 1.54) is 11.1 Å². The van der Waals surface area contributed by atoms with Gasteiger partial charge in [-0.2, -0.15) is 0 Å². The molecule has 1 atom stereocenters. The van der Waals surface area contributed by atoms with E-state index in [-0.39, 0.29) is 17.4 Å². The highest BCUT2D eigenvalue weighted by Crippen LogP contribution is 2.45. The molecule has 0 aliphatic heterocycles. The van der Waals surface area contributed by atoms with Gasteiger partial charge in [0, 0.05) is 5.92 Å². The lowest BCUT2D eigenvalue weighted by atomic mass is 9.85. The smallest absolute Gasteiger partial charge is 0.289 e. The summed E-state index contributed by atoms with van der Waals surface area (Å²) >= 11 is 0. The van der Waals surface area contributed by atoms with Crippen LogP contribution < -0.4 is 5.32 Å².